The van der Waals surface area contributed by atoms with Gasteiger partial charge < -0.3 is 4.74 Å². The molecule has 3 aromatic rings. The van der Waals surface area contributed by atoms with E-state index in [-0.39, 0.29) is 0 Å². The van der Waals surface area contributed by atoms with E-state index in [4.69, 9.17) is 4.74 Å². The summed E-state index contributed by atoms with van der Waals surface area (Å²) in [6.45, 7) is 3.24. The normalized spacial score (nSPS) is 11.2. The zero-order valence-electron chi connectivity index (χ0n) is 11.2. The molecular weight excluding hydrogens is 290 g/mol. The van der Waals surface area contributed by atoms with Gasteiger partial charge in [-0.2, -0.15) is 0 Å². The molecule has 3 rings (SSSR count). The summed E-state index contributed by atoms with van der Waals surface area (Å²) in [6, 6.07) is 10.4. The standard InChI is InChI=1S/C14H15N3OS2/c1-2-18-9-12-8-17-13(15-12)20-14(16-17)19-10-11-6-4-3-5-7-11/h3-8H,2,9-10H2,1H3. The summed E-state index contributed by atoms with van der Waals surface area (Å²) in [5.41, 5.74) is 2.24. The molecule has 0 N–H and O–H groups in total. The Balaban J connectivity index is 1.66. The Labute approximate surface area is 125 Å². The smallest absolute Gasteiger partial charge is 0.213 e. The fourth-order valence-electron chi connectivity index (χ4n) is 1.78. The quantitative estimate of drug-likeness (QED) is 0.652. The van der Waals surface area contributed by atoms with Gasteiger partial charge in [0, 0.05) is 12.4 Å². The summed E-state index contributed by atoms with van der Waals surface area (Å²) in [6.07, 6.45) is 1.94. The molecule has 2 heterocycles. The zero-order chi connectivity index (χ0) is 13.8. The molecule has 0 spiro atoms. The van der Waals surface area contributed by atoms with Gasteiger partial charge in [-0.15, -0.1) is 5.10 Å². The third kappa shape index (κ3) is 3.20. The van der Waals surface area contributed by atoms with Gasteiger partial charge in [-0.05, 0) is 12.5 Å². The van der Waals surface area contributed by atoms with Gasteiger partial charge in [-0.1, -0.05) is 53.4 Å². The monoisotopic (exact) mass is 305 g/mol. The second kappa shape index (κ2) is 6.39. The van der Waals surface area contributed by atoms with Crippen LogP contribution < -0.4 is 0 Å². The van der Waals surface area contributed by atoms with Gasteiger partial charge in [-0.3, -0.25) is 0 Å². The molecule has 6 heteroatoms. The summed E-state index contributed by atoms with van der Waals surface area (Å²) < 4.78 is 8.23. The zero-order valence-corrected chi connectivity index (χ0v) is 12.8. The van der Waals surface area contributed by atoms with E-state index in [1.807, 2.05) is 23.7 Å². The van der Waals surface area contributed by atoms with Crippen molar-refractivity contribution in [1.82, 2.24) is 14.6 Å². The van der Waals surface area contributed by atoms with Gasteiger partial charge in [-0.25, -0.2) is 9.50 Å². The Bertz CT molecular complexity index is 647. The van der Waals surface area contributed by atoms with Crippen molar-refractivity contribution in [2.75, 3.05) is 6.61 Å². The van der Waals surface area contributed by atoms with Crippen LogP contribution >= 0.6 is 23.1 Å². The van der Waals surface area contributed by atoms with E-state index >= 15 is 0 Å². The Morgan fingerprint density at radius 1 is 1.30 bits per heavy atom. The molecule has 0 unspecified atom stereocenters. The van der Waals surface area contributed by atoms with E-state index in [2.05, 4.69) is 34.3 Å². The number of aromatic nitrogens is 3. The Morgan fingerprint density at radius 2 is 2.15 bits per heavy atom. The third-order valence-corrected chi connectivity index (χ3v) is 4.86. The minimum absolute atomic E-state index is 0.555. The molecule has 0 amide bonds. The number of ether oxygens (including phenoxy) is 1. The Kier molecular flexibility index (Phi) is 4.34. The number of hydrogen-bond acceptors (Lipinski definition) is 5. The van der Waals surface area contributed by atoms with E-state index in [0.29, 0.717) is 13.2 Å². The van der Waals surface area contributed by atoms with E-state index in [1.165, 1.54) is 5.56 Å². The van der Waals surface area contributed by atoms with Crippen molar-refractivity contribution in [2.24, 2.45) is 0 Å². The largest absolute Gasteiger partial charge is 0.375 e. The van der Waals surface area contributed by atoms with Crippen LogP contribution in [0.1, 0.15) is 18.2 Å². The van der Waals surface area contributed by atoms with Crippen molar-refractivity contribution < 1.29 is 4.74 Å². The summed E-state index contributed by atoms with van der Waals surface area (Å²) in [5, 5.41) is 4.54. The molecule has 0 fully saturated rings. The lowest BCUT2D eigenvalue weighted by Crippen LogP contribution is -1.91. The van der Waals surface area contributed by atoms with E-state index < -0.39 is 0 Å². The van der Waals surface area contributed by atoms with Gasteiger partial charge in [0.2, 0.25) is 4.96 Å². The van der Waals surface area contributed by atoms with E-state index in [9.17, 15) is 0 Å². The van der Waals surface area contributed by atoms with Crippen molar-refractivity contribution in [2.45, 2.75) is 23.6 Å². The molecule has 0 radical (unpaired) electrons. The Morgan fingerprint density at radius 3 is 2.90 bits per heavy atom. The molecule has 0 atom stereocenters. The fourth-order valence-corrected chi connectivity index (χ4v) is 3.68. The molecule has 1 aromatic carbocycles. The first-order valence-electron chi connectivity index (χ1n) is 6.44. The lowest BCUT2D eigenvalue weighted by Gasteiger charge is -1.97. The van der Waals surface area contributed by atoms with Gasteiger partial charge >= 0.3 is 0 Å². The Hall–Kier alpha value is -1.37. The highest BCUT2D eigenvalue weighted by molar-refractivity contribution is 8.00. The first-order valence-corrected chi connectivity index (χ1v) is 8.25. The molecular formula is C14H15N3OS2. The SMILES string of the molecule is CCOCc1cn2nc(SCc3ccccc3)sc2n1. The average molecular weight is 305 g/mol. The van der Waals surface area contributed by atoms with Crippen LogP contribution in [0.25, 0.3) is 4.96 Å². The van der Waals surface area contributed by atoms with Crippen LogP contribution in [0.5, 0.6) is 0 Å². The number of imidazole rings is 1. The number of benzene rings is 1. The highest BCUT2D eigenvalue weighted by Crippen LogP contribution is 2.27. The molecule has 0 aliphatic carbocycles. The van der Waals surface area contributed by atoms with Gasteiger partial charge in [0.05, 0.1) is 18.5 Å². The number of rotatable bonds is 6. The molecule has 0 aliphatic heterocycles. The summed E-state index contributed by atoms with van der Waals surface area (Å²) in [5.74, 6) is 0.934. The fraction of sp³-hybridized carbons (Fsp3) is 0.286. The van der Waals surface area contributed by atoms with Crippen molar-refractivity contribution in [3.63, 3.8) is 0 Å². The molecule has 0 saturated carbocycles. The predicted molar refractivity (Wildman–Crippen MR) is 82.2 cm³/mol. The average Bonchev–Trinajstić information content (AvgIpc) is 3.02. The van der Waals surface area contributed by atoms with E-state index in [1.54, 1.807) is 23.1 Å². The molecule has 0 aliphatic rings. The molecule has 20 heavy (non-hydrogen) atoms. The third-order valence-electron chi connectivity index (χ3n) is 2.73. The maximum atomic E-state index is 5.35. The van der Waals surface area contributed by atoms with Crippen molar-refractivity contribution in [3.05, 3.63) is 47.8 Å². The van der Waals surface area contributed by atoms with Crippen LogP contribution in [0.4, 0.5) is 0 Å². The van der Waals surface area contributed by atoms with Crippen molar-refractivity contribution in [3.8, 4) is 0 Å². The van der Waals surface area contributed by atoms with Crippen LogP contribution in [-0.2, 0) is 17.1 Å². The van der Waals surface area contributed by atoms with Gasteiger partial charge in [0.15, 0.2) is 4.34 Å². The maximum Gasteiger partial charge on any atom is 0.213 e. The lowest BCUT2D eigenvalue weighted by atomic mass is 10.2. The van der Waals surface area contributed by atoms with Crippen molar-refractivity contribution >= 4 is 28.1 Å². The maximum absolute atomic E-state index is 5.35. The first kappa shape index (κ1) is 13.6. The first-order chi connectivity index (χ1) is 9.85. The van der Waals surface area contributed by atoms with Crippen LogP contribution in [-0.4, -0.2) is 21.2 Å². The second-order valence-corrected chi connectivity index (χ2v) is 6.42. The lowest BCUT2D eigenvalue weighted by molar-refractivity contribution is 0.131. The minimum Gasteiger partial charge on any atom is -0.375 e. The molecule has 104 valence electrons. The van der Waals surface area contributed by atoms with E-state index in [0.717, 1.165) is 20.7 Å². The molecule has 0 bridgehead atoms. The number of hydrogen-bond donors (Lipinski definition) is 0. The topological polar surface area (TPSA) is 39.4 Å². The predicted octanol–water partition coefficient (Wildman–Crippen LogP) is 3.62. The molecule has 0 saturated heterocycles. The summed E-state index contributed by atoms with van der Waals surface area (Å²) in [7, 11) is 0. The second-order valence-electron chi connectivity index (χ2n) is 4.24. The summed E-state index contributed by atoms with van der Waals surface area (Å²) >= 11 is 3.36. The highest BCUT2D eigenvalue weighted by Gasteiger charge is 2.08. The van der Waals surface area contributed by atoms with Crippen LogP contribution in [0.2, 0.25) is 0 Å². The van der Waals surface area contributed by atoms with Gasteiger partial charge in [0.1, 0.15) is 0 Å². The minimum atomic E-state index is 0.555. The van der Waals surface area contributed by atoms with Crippen molar-refractivity contribution in [1.29, 1.82) is 0 Å². The number of fused-ring (bicyclic) bond motifs is 1. The highest BCUT2D eigenvalue weighted by atomic mass is 32.2. The van der Waals surface area contributed by atoms with Gasteiger partial charge in [0.25, 0.3) is 0 Å². The van der Waals surface area contributed by atoms with Crippen LogP contribution in [0.3, 0.4) is 0 Å². The number of thioether (sulfide) groups is 1. The van der Waals surface area contributed by atoms with Crippen LogP contribution in [0, 0.1) is 0 Å². The molecule has 2 aromatic heterocycles. The number of nitrogens with zero attached hydrogens (tertiary/aromatic N) is 3. The molecule has 4 nitrogen and oxygen atoms in total. The summed E-state index contributed by atoms with van der Waals surface area (Å²) in [4.78, 5) is 5.43. The van der Waals surface area contributed by atoms with Crippen LogP contribution in [0.15, 0.2) is 40.9 Å².